The molecule has 0 spiro atoms. The molecule has 1 aromatic rings. The van der Waals surface area contributed by atoms with Gasteiger partial charge in [0.05, 0.1) is 5.56 Å². The lowest BCUT2D eigenvalue weighted by Crippen LogP contribution is -2.05. The Labute approximate surface area is 84.4 Å². The van der Waals surface area contributed by atoms with E-state index in [0.717, 1.165) is 5.69 Å². The zero-order chi connectivity index (χ0) is 10.9. The maximum Gasteiger partial charge on any atom is 0.337 e. The smallest absolute Gasteiger partial charge is 0.337 e. The first-order chi connectivity index (χ1) is 6.43. The maximum atomic E-state index is 10.8. The molecule has 0 saturated carbocycles. The van der Waals surface area contributed by atoms with E-state index >= 15 is 0 Å². The van der Waals surface area contributed by atoms with Gasteiger partial charge in [-0.2, -0.15) is 0 Å². The molecule has 0 saturated heterocycles. The summed E-state index contributed by atoms with van der Waals surface area (Å²) in [4.78, 5) is 10.8. The van der Waals surface area contributed by atoms with Crippen LogP contribution in [0, 0.1) is 0 Å². The quantitative estimate of drug-likeness (QED) is 0.805. The fourth-order valence-corrected chi connectivity index (χ4v) is 1.52. The molecule has 0 unspecified atom stereocenters. The minimum Gasteiger partial charge on any atom is -0.478 e. The van der Waals surface area contributed by atoms with Gasteiger partial charge in [-0.3, -0.25) is 0 Å². The molecule has 78 valence electrons. The lowest BCUT2D eigenvalue weighted by molar-refractivity contribution is 0.0697. The summed E-state index contributed by atoms with van der Waals surface area (Å²) >= 11 is 0. The Morgan fingerprint density at radius 2 is 1.93 bits per heavy atom. The second kappa shape index (κ2) is 3.86. The van der Waals surface area contributed by atoms with Crippen molar-refractivity contribution in [2.24, 2.45) is 0 Å². The van der Waals surface area contributed by atoms with Crippen LogP contribution < -0.4 is 0 Å². The summed E-state index contributed by atoms with van der Waals surface area (Å²) in [6.45, 7) is 8.24. The Balaban J connectivity index is 3.19. The molecule has 0 bridgehead atoms. The molecular formula is C11H17NO2. The third-order valence-corrected chi connectivity index (χ3v) is 2.27. The number of carbonyl (C=O) groups is 1. The highest BCUT2D eigenvalue weighted by Crippen LogP contribution is 2.22. The molecule has 1 rings (SSSR count). The van der Waals surface area contributed by atoms with Gasteiger partial charge in [-0.25, -0.2) is 4.79 Å². The third kappa shape index (κ3) is 1.97. The van der Waals surface area contributed by atoms with E-state index in [-0.39, 0.29) is 0 Å². The summed E-state index contributed by atoms with van der Waals surface area (Å²) in [6, 6.07) is 2.06. The van der Waals surface area contributed by atoms with Crippen LogP contribution in [0.5, 0.6) is 0 Å². The molecule has 3 nitrogen and oxygen atoms in total. The van der Waals surface area contributed by atoms with E-state index in [2.05, 4.69) is 27.7 Å². The zero-order valence-electron chi connectivity index (χ0n) is 9.11. The second-order valence-corrected chi connectivity index (χ2v) is 4.11. The van der Waals surface area contributed by atoms with Crippen LogP contribution in [0.1, 0.15) is 55.7 Å². The van der Waals surface area contributed by atoms with Crippen molar-refractivity contribution < 1.29 is 9.90 Å². The molecule has 1 aromatic heterocycles. The van der Waals surface area contributed by atoms with E-state index in [1.165, 1.54) is 0 Å². The summed E-state index contributed by atoms with van der Waals surface area (Å²) in [6.07, 6.45) is 1.71. The fraction of sp³-hybridized carbons (Fsp3) is 0.545. The number of nitrogens with zero attached hydrogens (tertiary/aromatic N) is 1. The molecule has 0 aromatic carbocycles. The summed E-state index contributed by atoms with van der Waals surface area (Å²) < 4.78 is 2.02. The monoisotopic (exact) mass is 195 g/mol. The van der Waals surface area contributed by atoms with Crippen LogP contribution in [0.2, 0.25) is 0 Å². The van der Waals surface area contributed by atoms with Gasteiger partial charge in [-0.05, 0) is 25.8 Å². The molecule has 1 heterocycles. The van der Waals surface area contributed by atoms with Crippen LogP contribution in [0.4, 0.5) is 0 Å². The van der Waals surface area contributed by atoms with E-state index in [0.29, 0.717) is 17.5 Å². The van der Waals surface area contributed by atoms with E-state index < -0.39 is 5.97 Å². The largest absolute Gasteiger partial charge is 0.478 e. The van der Waals surface area contributed by atoms with Gasteiger partial charge in [0.25, 0.3) is 0 Å². The molecule has 0 amide bonds. The van der Waals surface area contributed by atoms with Crippen molar-refractivity contribution in [3.8, 4) is 0 Å². The standard InChI is InChI=1S/C11H17NO2/c1-7(2)10-5-9(11(13)14)6-12(10)8(3)4/h5-8H,1-4H3,(H,13,14). The highest BCUT2D eigenvalue weighted by atomic mass is 16.4. The maximum absolute atomic E-state index is 10.8. The number of carboxylic acid groups (broad SMARTS) is 1. The Kier molecular flexibility index (Phi) is 2.99. The van der Waals surface area contributed by atoms with E-state index in [9.17, 15) is 4.79 Å². The number of carboxylic acids is 1. The predicted molar refractivity (Wildman–Crippen MR) is 55.9 cm³/mol. The van der Waals surface area contributed by atoms with Crippen molar-refractivity contribution in [1.82, 2.24) is 4.57 Å². The fourth-order valence-electron chi connectivity index (χ4n) is 1.52. The van der Waals surface area contributed by atoms with Crippen molar-refractivity contribution in [3.05, 3.63) is 23.5 Å². The molecular weight excluding hydrogens is 178 g/mol. The van der Waals surface area contributed by atoms with Crippen LogP contribution in [-0.2, 0) is 0 Å². The van der Waals surface area contributed by atoms with Crippen LogP contribution in [0.25, 0.3) is 0 Å². The van der Waals surface area contributed by atoms with Crippen molar-refractivity contribution >= 4 is 5.97 Å². The van der Waals surface area contributed by atoms with Gasteiger partial charge in [0.15, 0.2) is 0 Å². The average molecular weight is 195 g/mol. The summed E-state index contributed by atoms with van der Waals surface area (Å²) in [5.41, 5.74) is 1.46. The first-order valence-corrected chi connectivity index (χ1v) is 4.88. The Morgan fingerprint density at radius 1 is 1.36 bits per heavy atom. The van der Waals surface area contributed by atoms with E-state index in [4.69, 9.17) is 5.11 Å². The molecule has 0 aliphatic rings. The first-order valence-electron chi connectivity index (χ1n) is 4.88. The Bertz CT molecular complexity index is 312. The predicted octanol–water partition coefficient (Wildman–Crippen LogP) is 2.89. The zero-order valence-corrected chi connectivity index (χ0v) is 9.11. The molecule has 3 heteroatoms. The van der Waals surface area contributed by atoms with Gasteiger partial charge in [0.1, 0.15) is 0 Å². The van der Waals surface area contributed by atoms with Crippen molar-refractivity contribution in [3.63, 3.8) is 0 Å². The van der Waals surface area contributed by atoms with E-state index in [1.54, 1.807) is 12.3 Å². The number of aromatic carboxylic acids is 1. The van der Waals surface area contributed by atoms with Gasteiger partial charge in [-0.1, -0.05) is 13.8 Å². The van der Waals surface area contributed by atoms with Gasteiger partial charge in [0.2, 0.25) is 0 Å². The molecule has 0 atom stereocenters. The van der Waals surface area contributed by atoms with Crippen LogP contribution in [0.15, 0.2) is 12.3 Å². The molecule has 14 heavy (non-hydrogen) atoms. The molecule has 1 N–H and O–H groups in total. The van der Waals surface area contributed by atoms with Crippen LogP contribution in [-0.4, -0.2) is 15.6 Å². The van der Waals surface area contributed by atoms with Gasteiger partial charge in [0, 0.05) is 17.9 Å². The van der Waals surface area contributed by atoms with E-state index in [1.807, 2.05) is 4.57 Å². The number of hydrogen-bond donors (Lipinski definition) is 1. The lowest BCUT2D eigenvalue weighted by Gasteiger charge is -2.14. The van der Waals surface area contributed by atoms with Gasteiger partial charge in [-0.15, -0.1) is 0 Å². The highest BCUT2D eigenvalue weighted by molar-refractivity contribution is 5.87. The molecule has 0 radical (unpaired) electrons. The third-order valence-electron chi connectivity index (χ3n) is 2.27. The van der Waals surface area contributed by atoms with Gasteiger partial charge < -0.3 is 9.67 Å². The highest BCUT2D eigenvalue weighted by Gasteiger charge is 2.14. The Morgan fingerprint density at radius 3 is 2.21 bits per heavy atom. The molecule has 0 aliphatic heterocycles. The summed E-state index contributed by atoms with van der Waals surface area (Å²) in [7, 11) is 0. The van der Waals surface area contributed by atoms with Crippen molar-refractivity contribution in [2.45, 2.75) is 39.7 Å². The SMILES string of the molecule is CC(C)c1cc(C(=O)O)cn1C(C)C. The topological polar surface area (TPSA) is 42.2 Å². The summed E-state index contributed by atoms with van der Waals surface area (Å²) in [5.74, 6) is -0.503. The number of rotatable bonds is 3. The van der Waals surface area contributed by atoms with Gasteiger partial charge >= 0.3 is 5.97 Å². The minimum atomic E-state index is -0.855. The Hall–Kier alpha value is -1.25. The normalized spacial score (nSPS) is 11.3. The first kappa shape index (κ1) is 10.8. The minimum absolute atomic E-state index is 0.306. The van der Waals surface area contributed by atoms with Crippen molar-refractivity contribution in [1.29, 1.82) is 0 Å². The number of hydrogen-bond acceptors (Lipinski definition) is 1. The average Bonchev–Trinajstić information content (AvgIpc) is 2.47. The summed E-state index contributed by atoms with van der Waals surface area (Å²) in [5, 5.41) is 8.87. The van der Waals surface area contributed by atoms with Crippen LogP contribution in [0.3, 0.4) is 0 Å². The number of aromatic nitrogens is 1. The van der Waals surface area contributed by atoms with Crippen LogP contribution >= 0.6 is 0 Å². The molecule has 0 aliphatic carbocycles. The second-order valence-electron chi connectivity index (χ2n) is 4.11. The lowest BCUT2D eigenvalue weighted by atomic mass is 10.1. The molecule has 0 fully saturated rings. The van der Waals surface area contributed by atoms with Crippen molar-refractivity contribution in [2.75, 3.05) is 0 Å².